The van der Waals surface area contributed by atoms with E-state index in [0.29, 0.717) is 41.2 Å². The maximum atomic E-state index is 13.2. The highest BCUT2D eigenvalue weighted by Gasteiger charge is 2.34. The van der Waals surface area contributed by atoms with Crippen molar-refractivity contribution in [2.45, 2.75) is 45.9 Å². The standard InChI is InChI=1S/C26H24N2O6/c1-3-5-14(11-29)12-33-15-6-7-21-17(8-15)16(4-2)19-10-28-22(23(19)27-21)9-18-20(25(28)31)13-34-26(32)24(18)30/h5-9,11,24,30H,3-4,10,12-13H2,1-2H3/b14-5-. The lowest BCUT2D eigenvalue weighted by Crippen LogP contribution is -2.32. The fourth-order valence-electron chi connectivity index (χ4n) is 4.75. The first-order valence-electron chi connectivity index (χ1n) is 11.3. The van der Waals surface area contributed by atoms with Crippen molar-refractivity contribution in [3.8, 4) is 17.1 Å². The Bertz CT molecular complexity index is 1440. The Hall–Kier alpha value is -3.78. The molecule has 0 fully saturated rings. The summed E-state index contributed by atoms with van der Waals surface area (Å²) in [6, 6.07) is 7.27. The quantitative estimate of drug-likeness (QED) is 0.268. The van der Waals surface area contributed by atoms with Gasteiger partial charge in [0.2, 0.25) is 0 Å². The van der Waals surface area contributed by atoms with Crippen LogP contribution in [0, 0.1) is 0 Å². The Morgan fingerprint density at radius 2 is 2.09 bits per heavy atom. The van der Waals surface area contributed by atoms with Crippen LogP contribution in [0.25, 0.3) is 22.3 Å². The van der Waals surface area contributed by atoms with Crippen molar-refractivity contribution in [3.63, 3.8) is 0 Å². The van der Waals surface area contributed by atoms with E-state index in [1.165, 1.54) is 0 Å². The predicted molar refractivity (Wildman–Crippen MR) is 125 cm³/mol. The van der Waals surface area contributed by atoms with Crippen molar-refractivity contribution in [1.29, 1.82) is 0 Å². The molecule has 0 radical (unpaired) electrons. The zero-order chi connectivity index (χ0) is 24.0. The second-order valence-electron chi connectivity index (χ2n) is 8.41. The highest BCUT2D eigenvalue weighted by atomic mass is 16.5. The maximum Gasteiger partial charge on any atom is 0.340 e. The van der Waals surface area contributed by atoms with Gasteiger partial charge in [-0.3, -0.25) is 9.59 Å². The Labute approximate surface area is 195 Å². The Morgan fingerprint density at radius 3 is 2.82 bits per heavy atom. The normalized spacial score (nSPS) is 16.6. The number of hydrogen-bond acceptors (Lipinski definition) is 7. The first-order valence-corrected chi connectivity index (χ1v) is 11.3. The largest absolute Gasteiger partial charge is 0.489 e. The SMILES string of the molecule is CC/C=C(/C=O)COc1ccc2nc3c(c(CC)c2c1)Cn1c-3cc2c(c1=O)COC(=O)C2O. The molecule has 1 unspecified atom stereocenters. The molecule has 0 saturated carbocycles. The summed E-state index contributed by atoms with van der Waals surface area (Å²) in [6.07, 6.45) is 2.64. The summed E-state index contributed by atoms with van der Waals surface area (Å²) in [5, 5.41) is 11.2. The van der Waals surface area contributed by atoms with Crippen LogP contribution in [0.15, 0.2) is 40.7 Å². The molecule has 1 N–H and O–H groups in total. The van der Waals surface area contributed by atoms with Crippen molar-refractivity contribution in [2.24, 2.45) is 0 Å². The van der Waals surface area contributed by atoms with E-state index in [4.69, 9.17) is 14.5 Å². The van der Waals surface area contributed by atoms with E-state index in [1.807, 2.05) is 38.1 Å². The summed E-state index contributed by atoms with van der Waals surface area (Å²) >= 11 is 0. The van der Waals surface area contributed by atoms with E-state index in [2.05, 4.69) is 0 Å². The van der Waals surface area contributed by atoms with Gasteiger partial charge in [0.15, 0.2) is 6.10 Å². The lowest BCUT2D eigenvalue weighted by molar-refractivity contribution is -0.157. The molecular formula is C26H24N2O6. The van der Waals surface area contributed by atoms with Crippen LogP contribution in [0.4, 0.5) is 0 Å². The average molecular weight is 460 g/mol. The highest BCUT2D eigenvalue weighted by Crippen LogP contribution is 2.38. The first-order chi connectivity index (χ1) is 16.5. The van der Waals surface area contributed by atoms with Crippen LogP contribution < -0.4 is 10.3 Å². The summed E-state index contributed by atoms with van der Waals surface area (Å²) in [5.74, 6) is -0.121. The highest BCUT2D eigenvalue weighted by molar-refractivity contribution is 5.89. The number of benzene rings is 1. The van der Waals surface area contributed by atoms with Crippen LogP contribution in [-0.4, -0.2) is 33.5 Å². The van der Waals surface area contributed by atoms with Crippen molar-refractivity contribution >= 4 is 23.2 Å². The number of aryl methyl sites for hydroxylation is 1. The lowest BCUT2D eigenvalue weighted by Gasteiger charge is -2.21. The van der Waals surface area contributed by atoms with Crippen LogP contribution in [0.3, 0.4) is 0 Å². The monoisotopic (exact) mass is 460 g/mol. The number of fused-ring (bicyclic) bond motifs is 5. The minimum absolute atomic E-state index is 0.146. The molecule has 4 heterocycles. The number of hydrogen-bond donors (Lipinski definition) is 1. The number of ether oxygens (including phenoxy) is 2. The number of aldehydes is 1. The van der Waals surface area contributed by atoms with Gasteiger partial charge in [-0.05, 0) is 42.7 Å². The van der Waals surface area contributed by atoms with Crippen LogP contribution >= 0.6 is 0 Å². The number of carbonyl (C=O) groups excluding carboxylic acids is 2. The molecule has 0 saturated heterocycles. The summed E-state index contributed by atoms with van der Waals surface area (Å²) in [6.45, 7) is 4.41. The molecule has 0 aliphatic carbocycles. The van der Waals surface area contributed by atoms with Gasteiger partial charge in [-0.1, -0.05) is 19.9 Å². The van der Waals surface area contributed by atoms with Crippen molar-refractivity contribution in [3.05, 3.63) is 68.5 Å². The van der Waals surface area contributed by atoms with Crippen molar-refractivity contribution in [1.82, 2.24) is 9.55 Å². The molecule has 5 rings (SSSR count). The van der Waals surface area contributed by atoms with Gasteiger partial charge in [0.25, 0.3) is 5.56 Å². The minimum atomic E-state index is -1.48. The molecule has 1 atom stereocenters. The fourth-order valence-corrected chi connectivity index (χ4v) is 4.75. The molecule has 174 valence electrons. The first kappa shape index (κ1) is 22.0. The van der Waals surface area contributed by atoms with Gasteiger partial charge in [-0.2, -0.15) is 0 Å². The third-order valence-electron chi connectivity index (χ3n) is 6.42. The van der Waals surface area contributed by atoms with Crippen LogP contribution in [0.1, 0.15) is 48.6 Å². The number of cyclic esters (lactones) is 1. The molecular weight excluding hydrogens is 436 g/mol. The number of allylic oxidation sites excluding steroid dienone is 1. The van der Waals surface area contributed by atoms with Crippen LogP contribution in [0.5, 0.6) is 5.75 Å². The van der Waals surface area contributed by atoms with Gasteiger partial charge in [0, 0.05) is 22.1 Å². The molecule has 34 heavy (non-hydrogen) atoms. The molecule has 2 aromatic heterocycles. The molecule has 2 aliphatic rings. The summed E-state index contributed by atoms with van der Waals surface area (Å²) in [4.78, 5) is 41.1. The molecule has 2 aliphatic heterocycles. The number of nitrogens with zero attached hydrogens (tertiary/aromatic N) is 2. The fraction of sp³-hybridized carbons (Fsp3) is 0.308. The number of aromatic nitrogens is 2. The zero-order valence-electron chi connectivity index (χ0n) is 19.0. The molecule has 0 amide bonds. The number of rotatable bonds is 6. The number of pyridine rings is 2. The molecule has 0 bridgehead atoms. The molecule has 8 heteroatoms. The summed E-state index contributed by atoms with van der Waals surface area (Å²) in [7, 11) is 0. The summed E-state index contributed by atoms with van der Waals surface area (Å²) < 4.78 is 12.4. The average Bonchev–Trinajstić information content (AvgIpc) is 3.21. The van der Waals surface area contributed by atoms with E-state index in [-0.39, 0.29) is 24.3 Å². The van der Waals surface area contributed by atoms with Gasteiger partial charge in [-0.15, -0.1) is 0 Å². The topological polar surface area (TPSA) is 108 Å². The van der Waals surface area contributed by atoms with E-state index in [9.17, 15) is 19.5 Å². The lowest BCUT2D eigenvalue weighted by atomic mass is 9.97. The van der Waals surface area contributed by atoms with E-state index < -0.39 is 12.1 Å². The predicted octanol–water partition coefficient (Wildman–Crippen LogP) is 2.99. The molecule has 0 spiro atoms. The molecule has 3 aromatic rings. The second kappa shape index (κ2) is 8.53. The maximum absolute atomic E-state index is 13.2. The minimum Gasteiger partial charge on any atom is -0.489 e. The van der Waals surface area contributed by atoms with Gasteiger partial charge in [0.1, 0.15) is 25.2 Å². The van der Waals surface area contributed by atoms with Gasteiger partial charge >= 0.3 is 5.97 Å². The number of aliphatic hydroxyl groups is 1. The van der Waals surface area contributed by atoms with Crippen molar-refractivity contribution in [2.75, 3.05) is 6.61 Å². The Morgan fingerprint density at radius 1 is 1.26 bits per heavy atom. The van der Waals surface area contributed by atoms with Gasteiger partial charge in [0.05, 0.1) is 29.0 Å². The van der Waals surface area contributed by atoms with E-state index >= 15 is 0 Å². The van der Waals surface area contributed by atoms with Crippen LogP contribution in [0.2, 0.25) is 0 Å². The van der Waals surface area contributed by atoms with E-state index in [1.54, 1.807) is 10.6 Å². The third kappa shape index (κ3) is 3.42. The second-order valence-corrected chi connectivity index (χ2v) is 8.41. The smallest absolute Gasteiger partial charge is 0.340 e. The zero-order valence-corrected chi connectivity index (χ0v) is 19.0. The van der Waals surface area contributed by atoms with Gasteiger partial charge < -0.3 is 19.1 Å². The molecule has 8 nitrogen and oxygen atoms in total. The van der Waals surface area contributed by atoms with Crippen molar-refractivity contribution < 1.29 is 24.2 Å². The van der Waals surface area contributed by atoms with E-state index in [0.717, 1.165) is 34.7 Å². The number of aliphatic hydroxyl groups excluding tert-OH is 1. The van der Waals surface area contributed by atoms with Crippen LogP contribution in [-0.2, 0) is 33.9 Å². The number of carbonyl (C=O) groups is 2. The Kier molecular flexibility index (Phi) is 5.53. The van der Waals surface area contributed by atoms with Gasteiger partial charge in [-0.25, -0.2) is 9.78 Å². The molecule has 1 aromatic carbocycles. The third-order valence-corrected chi connectivity index (χ3v) is 6.42. The Balaban J connectivity index is 1.60. The summed E-state index contributed by atoms with van der Waals surface area (Å²) in [5.41, 5.74) is 4.91. The number of esters is 1.